The van der Waals surface area contributed by atoms with Gasteiger partial charge in [-0.05, 0) is 78.4 Å². The summed E-state index contributed by atoms with van der Waals surface area (Å²) in [5.74, 6) is 0.0115. The van der Waals surface area contributed by atoms with Crippen molar-refractivity contribution in [1.29, 1.82) is 0 Å². The second-order valence-electron chi connectivity index (χ2n) is 6.72. The van der Waals surface area contributed by atoms with E-state index >= 15 is 0 Å². The molecular formula is C20H34N4O2. The van der Waals surface area contributed by atoms with Crippen molar-refractivity contribution in [2.45, 2.75) is 46.6 Å². The van der Waals surface area contributed by atoms with Crippen LogP contribution in [0.4, 0.5) is 10.5 Å². The van der Waals surface area contributed by atoms with E-state index in [0.717, 1.165) is 19.4 Å². The molecule has 6 heteroatoms. The molecule has 0 spiro atoms. The van der Waals surface area contributed by atoms with E-state index in [1.165, 1.54) is 0 Å². The van der Waals surface area contributed by atoms with Crippen LogP contribution in [0.1, 0.15) is 50.9 Å². The second kappa shape index (κ2) is 11.5. The van der Waals surface area contributed by atoms with Gasteiger partial charge in [-0.25, -0.2) is 4.79 Å². The Bertz CT molecular complexity index is 553. The van der Waals surface area contributed by atoms with E-state index in [2.05, 4.69) is 36.4 Å². The number of carbonyl (C=O) groups is 2. The van der Waals surface area contributed by atoms with Crippen LogP contribution in [0.5, 0.6) is 0 Å². The van der Waals surface area contributed by atoms with Crippen LogP contribution in [0.2, 0.25) is 0 Å². The van der Waals surface area contributed by atoms with Crippen molar-refractivity contribution >= 4 is 17.6 Å². The molecule has 0 bridgehead atoms. The first-order valence-corrected chi connectivity index (χ1v) is 9.53. The number of benzene rings is 1. The van der Waals surface area contributed by atoms with Crippen molar-refractivity contribution in [3.05, 3.63) is 29.8 Å². The smallest absolute Gasteiger partial charge is 0.319 e. The summed E-state index contributed by atoms with van der Waals surface area (Å²) < 4.78 is 0. The van der Waals surface area contributed by atoms with Gasteiger partial charge in [0.2, 0.25) is 0 Å². The van der Waals surface area contributed by atoms with Crippen LogP contribution < -0.4 is 10.6 Å². The lowest BCUT2D eigenvalue weighted by Gasteiger charge is -2.20. The molecule has 0 aliphatic carbocycles. The lowest BCUT2D eigenvalue weighted by Crippen LogP contribution is -2.31. The lowest BCUT2D eigenvalue weighted by atomic mass is 10.2. The van der Waals surface area contributed by atoms with Crippen LogP contribution in [0.25, 0.3) is 0 Å². The highest BCUT2D eigenvalue weighted by Crippen LogP contribution is 2.11. The van der Waals surface area contributed by atoms with Crippen molar-refractivity contribution < 1.29 is 9.59 Å². The van der Waals surface area contributed by atoms with Gasteiger partial charge in [-0.1, -0.05) is 0 Å². The number of nitrogens with one attached hydrogen (secondary N) is 2. The SMILES string of the molecule is CCN(CC)C(=O)c1ccc(NC(=O)NCCCCN(C)C(C)C)cc1. The third kappa shape index (κ3) is 7.44. The van der Waals surface area contributed by atoms with Crippen molar-refractivity contribution in [3.8, 4) is 0 Å². The van der Waals surface area contributed by atoms with Gasteiger partial charge in [0.1, 0.15) is 0 Å². The van der Waals surface area contributed by atoms with Crippen LogP contribution >= 0.6 is 0 Å². The maximum Gasteiger partial charge on any atom is 0.319 e. The highest BCUT2D eigenvalue weighted by molar-refractivity contribution is 5.95. The van der Waals surface area contributed by atoms with E-state index in [4.69, 9.17) is 0 Å². The Morgan fingerprint density at radius 3 is 2.19 bits per heavy atom. The predicted molar refractivity (Wildman–Crippen MR) is 108 cm³/mol. The molecule has 146 valence electrons. The number of hydrogen-bond acceptors (Lipinski definition) is 3. The summed E-state index contributed by atoms with van der Waals surface area (Å²) in [6, 6.07) is 7.34. The highest BCUT2D eigenvalue weighted by Gasteiger charge is 2.12. The van der Waals surface area contributed by atoms with Gasteiger partial charge in [-0.15, -0.1) is 0 Å². The number of hydrogen-bond donors (Lipinski definition) is 2. The normalized spacial score (nSPS) is 10.9. The van der Waals surface area contributed by atoms with Crippen LogP contribution in [0.15, 0.2) is 24.3 Å². The summed E-state index contributed by atoms with van der Waals surface area (Å²) in [5.41, 5.74) is 1.31. The zero-order chi connectivity index (χ0) is 19.5. The number of nitrogens with zero attached hydrogens (tertiary/aromatic N) is 2. The standard InChI is InChI=1S/C20H34N4O2/c1-6-24(7-2)19(25)17-10-12-18(13-11-17)22-20(26)21-14-8-9-15-23(5)16(3)4/h10-13,16H,6-9,14-15H2,1-5H3,(H2,21,22,26). The fraction of sp³-hybridized carbons (Fsp3) is 0.600. The highest BCUT2D eigenvalue weighted by atomic mass is 16.2. The van der Waals surface area contributed by atoms with E-state index in [1.54, 1.807) is 29.2 Å². The van der Waals surface area contributed by atoms with Crippen molar-refractivity contribution in [3.63, 3.8) is 0 Å². The third-order valence-electron chi connectivity index (χ3n) is 4.55. The molecule has 1 rings (SSSR count). The zero-order valence-electron chi connectivity index (χ0n) is 16.8. The molecule has 1 aromatic carbocycles. The number of unbranched alkanes of at least 4 members (excludes halogenated alkanes) is 1. The molecule has 0 aromatic heterocycles. The van der Waals surface area contributed by atoms with Crippen LogP contribution in [0, 0.1) is 0 Å². The van der Waals surface area contributed by atoms with Gasteiger partial charge < -0.3 is 20.4 Å². The average Bonchev–Trinajstić information content (AvgIpc) is 2.62. The molecule has 0 saturated carbocycles. The van der Waals surface area contributed by atoms with Crippen molar-refractivity contribution in [2.75, 3.05) is 38.5 Å². The molecule has 0 aliphatic rings. The van der Waals surface area contributed by atoms with Crippen molar-refractivity contribution in [1.82, 2.24) is 15.1 Å². The molecule has 3 amide bonds. The number of anilines is 1. The summed E-state index contributed by atoms with van der Waals surface area (Å²) in [4.78, 5) is 28.2. The zero-order valence-corrected chi connectivity index (χ0v) is 16.8. The second-order valence-corrected chi connectivity index (χ2v) is 6.72. The van der Waals surface area contributed by atoms with Gasteiger partial charge in [-0.2, -0.15) is 0 Å². The molecule has 6 nitrogen and oxygen atoms in total. The van der Waals surface area contributed by atoms with E-state index < -0.39 is 0 Å². The first kappa shape index (κ1) is 22.0. The summed E-state index contributed by atoms with van der Waals surface area (Å²) in [5, 5.41) is 5.66. The Morgan fingerprint density at radius 2 is 1.65 bits per heavy atom. The molecule has 0 fully saturated rings. The first-order valence-electron chi connectivity index (χ1n) is 9.53. The first-order chi connectivity index (χ1) is 12.4. The van der Waals surface area contributed by atoms with Crippen molar-refractivity contribution in [2.24, 2.45) is 0 Å². The number of carbonyl (C=O) groups excluding carboxylic acids is 2. The maximum atomic E-state index is 12.3. The minimum atomic E-state index is -0.218. The summed E-state index contributed by atoms with van der Waals surface area (Å²) in [7, 11) is 2.11. The fourth-order valence-electron chi connectivity index (χ4n) is 2.51. The van der Waals surface area contributed by atoms with Crippen LogP contribution in [-0.4, -0.2) is 61.0 Å². The van der Waals surface area contributed by atoms with E-state index in [0.29, 0.717) is 36.9 Å². The molecule has 1 aromatic rings. The molecule has 0 unspecified atom stereocenters. The molecule has 0 radical (unpaired) electrons. The Labute approximate surface area is 157 Å². The van der Waals surface area contributed by atoms with Gasteiger partial charge >= 0.3 is 6.03 Å². The summed E-state index contributed by atoms with van der Waals surface area (Å²) in [6.07, 6.45) is 2.00. The molecule has 0 aliphatic heterocycles. The quantitative estimate of drug-likeness (QED) is 0.627. The molecular weight excluding hydrogens is 328 g/mol. The van der Waals surface area contributed by atoms with Gasteiger partial charge in [0.05, 0.1) is 0 Å². The van der Waals surface area contributed by atoms with Gasteiger partial charge in [-0.3, -0.25) is 4.79 Å². The van der Waals surface area contributed by atoms with E-state index in [9.17, 15) is 9.59 Å². The number of amides is 3. The molecule has 0 saturated heterocycles. The summed E-state index contributed by atoms with van der Waals surface area (Å²) >= 11 is 0. The third-order valence-corrected chi connectivity index (χ3v) is 4.55. The fourth-order valence-corrected chi connectivity index (χ4v) is 2.51. The Kier molecular flexibility index (Phi) is 9.73. The lowest BCUT2D eigenvalue weighted by molar-refractivity contribution is 0.0773. The summed E-state index contributed by atoms with van der Waals surface area (Å²) in [6.45, 7) is 11.3. The Balaban J connectivity index is 2.35. The topological polar surface area (TPSA) is 64.7 Å². The largest absolute Gasteiger partial charge is 0.339 e. The van der Waals surface area contributed by atoms with Gasteiger partial charge in [0.15, 0.2) is 0 Å². The van der Waals surface area contributed by atoms with E-state index in [-0.39, 0.29) is 11.9 Å². The molecule has 0 heterocycles. The number of urea groups is 1. The minimum Gasteiger partial charge on any atom is -0.339 e. The molecule has 26 heavy (non-hydrogen) atoms. The van der Waals surface area contributed by atoms with Crippen LogP contribution in [-0.2, 0) is 0 Å². The van der Waals surface area contributed by atoms with Crippen LogP contribution in [0.3, 0.4) is 0 Å². The van der Waals surface area contributed by atoms with Gasteiger partial charge in [0, 0.05) is 36.9 Å². The minimum absolute atomic E-state index is 0.0115. The van der Waals surface area contributed by atoms with Gasteiger partial charge in [0.25, 0.3) is 5.91 Å². The predicted octanol–water partition coefficient (Wildman–Crippen LogP) is 3.41. The average molecular weight is 363 g/mol. The van der Waals surface area contributed by atoms with E-state index in [1.807, 2.05) is 13.8 Å². The Morgan fingerprint density at radius 1 is 1.04 bits per heavy atom. The molecule has 2 N–H and O–H groups in total. The molecule has 0 atom stereocenters. The number of rotatable bonds is 10. The Hall–Kier alpha value is -2.08. The maximum absolute atomic E-state index is 12.3. The monoisotopic (exact) mass is 362 g/mol.